The van der Waals surface area contributed by atoms with Gasteiger partial charge in [-0.25, -0.2) is 0 Å². The van der Waals surface area contributed by atoms with Gasteiger partial charge in [0.25, 0.3) is 0 Å². The number of carbonyl (C=O) groups excluding carboxylic acids is 1. The number of carbonyl (C=O) groups is 1. The standard InChI is InChI=1S/C18H22N2O3/c1-20-6-5-18-9-14(21)12(19)8-11(18)13(20)7-10-3-4-15(23-2)17(22)16(10)18/h3-4,8,11,13,22H,5-7,9,19H2,1-2H3/t11-,13+,18-/m1/s1. The van der Waals surface area contributed by atoms with Crippen LogP contribution >= 0.6 is 0 Å². The van der Waals surface area contributed by atoms with Crippen LogP contribution in [0.15, 0.2) is 23.9 Å². The van der Waals surface area contributed by atoms with Crippen molar-refractivity contribution in [3.05, 3.63) is 35.0 Å². The summed E-state index contributed by atoms with van der Waals surface area (Å²) in [6, 6.07) is 4.16. The first kappa shape index (κ1) is 14.6. The van der Waals surface area contributed by atoms with Gasteiger partial charge in [-0.1, -0.05) is 12.1 Å². The smallest absolute Gasteiger partial charge is 0.179 e. The number of hydrogen-bond donors (Lipinski definition) is 2. The number of benzene rings is 1. The predicted octanol–water partition coefficient (Wildman–Crippen LogP) is 1.33. The van der Waals surface area contributed by atoms with Gasteiger partial charge in [0.2, 0.25) is 0 Å². The molecule has 4 rings (SSSR count). The van der Waals surface area contributed by atoms with Crippen molar-refractivity contribution in [2.75, 3.05) is 20.7 Å². The molecule has 1 saturated heterocycles. The van der Waals surface area contributed by atoms with Gasteiger partial charge < -0.3 is 20.5 Å². The van der Waals surface area contributed by atoms with Crippen molar-refractivity contribution in [2.24, 2.45) is 11.7 Å². The monoisotopic (exact) mass is 314 g/mol. The lowest BCUT2D eigenvalue weighted by molar-refractivity contribution is -0.119. The number of hydrogen-bond acceptors (Lipinski definition) is 5. The molecule has 0 aromatic heterocycles. The lowest BCUT2D eigenvalue weighted by atomic mass is 9.53. The molecule has 1 aromatic rings. The number of rotatable bonds is 1. The lowest BCUT2D eigenvalue weighted by Gasteiger charge is -2.56. The molecule has 3 N–H and O–H groups in total. The Bertz CT molecular complexity index is 727. The van der Waals surface area contributed by atoms with E-state index in [0.717, 1.165) is 30.5 Å². The Balaban J connectivity index is 1.99. The van der Waals surface area contributed by atoms with Crippen molar-refractivity contribution in [3.63, 3.8) is 0 Å². The fraction of sp³-hybridized carbons (Fsp3) is 0.500. The summed E-state index contributed by atoms with van der Waals surface area (Å²) in [5, 5.41) is 10.8. The van der Waals surface area contributed by atoms with Crippen LogP contribution in [0.1, 0.15) is 24.0 Å². The average Bonchev–Trinajstić information content (AvgIpc) is 2.52. The third-order valence-electron chi connectivity index (χ3n) is 6.06. The number of fused-ring (bicyclic) bond motifs is 1. The maximum absolute atomic E-state index is 12.4. The Morgan fingerprint density at radius 2 is 2.22 bits per heavy atom. The van der Waals surface area contributed by atoms with E-state index in [-0.39, 0.29) is 22.9 Å². The number of allylic oxidation sites excluding steroid dienone is 1. The van der Waals surface area contributed by atoms with E-state index in [9.17, 15) is 9.90 Å². The van der Waals surface area contributed by atoms with E-state index in [1.165, 1.54) is 0 Å². The summed E-state index contributed by atoms with van der Waals surface area (Å²) in [5.74, 6) is 0.813. The molecule has 5 nitrogen and oxygen atoms in total. The van der Waals surface area contributed by atoms with Crippen molar-refractivity contribution in [1.82, 2.24) is 4.90 Å². The molecule has 1 heterocycles. The number of ether oxygens (including phenoxy) is 1. The number of likely N-dealkylation sites (N-methyl/N-ethyl adjacent to an activating group) is 1. The number of nitrogens with zero attached hydrogens (tertiary/aromatic N) is 1. The summed E-state index contributed by atoms with van der Waals surface area (Å²) < 4.78 is 5.31. The number of aromatic hydroxyl groups is 1. The number of nitrogens with two attached hydrogens (primary N) is 1. The normalized spacial score (nSPS) is 32.8. The molecule has 0 saturated carbocycles. The highest BCUT2D eigenvalue weighted by Gasteiger charge is 2.56. The Morgan fingerprint density at radius 1 is 1.43 bits per heavy atom. The van der Waals surface area contributed by atoms with Gasteiger partial charge in [0.1, 0.15) is 0 Å². The van der Waals surface area contributed by atoms with E-state index in [2.05, 4.69) is 11.9 Å². The average molecular weight is 314 g/mol. The molecule has 0 unspecified atom stereocenters. The fourth-order valence-electron chi connectivity index (χ4n) is 4.89. The molecule has 1 aliphatic heterocycles. The van der Waals surface area contributed by atoms with Gasteiger partial charge in [-0.3, -0.25) is 4.79 Å². The molecule has 23 heavy (non-hydrogen) atoms. The second-order valence-electron chi connectivity index (χ2n) is 7.06. The highest BCUT2D eigenvalue weighted by molar-refractivity contribution is 5.97. The number of methoxy groups -OCH3 is 1. The van der Waals surface area contributed by atoms with Crippen LogP contribution in [0.2, 0.25) is 0 Å². The molecular formula is C18H22N2O3. The molecule has 2 bridgehead atoms. The minimum absolute atomic E-state index is 0.0142. The summed E-state index contributed by atoms with van der Waals surface area (Å²) >= 11 is 0. The molecule has 1 fully saturated rings. The first-order valence-corrected chi connectivity index (χ1v) is 8.08. The van der Waals surface area contributed by atoms with Crippen LogP contribution in [-0.4, -0.2) is 42.5 Å². The maximum atomic E-state index is 12.4. The van der Waals surface area contributed by atoms with Crippen molar-refractivity contribution in [3.8, 4) is 11.5 Å². The largest absolute Gasteiger partial charge is 0.504 e. The van der Waals surface area contributed by atoms with Gasteiger partial charge >= 0.3 is 0 Å². The Kier molecular flexibility index (Phi) is 3.00. The zero-order chi connectivity index (χ0) is 16.4. The van der Waals surface area contributed by atoms with Gasteiger partial charge in [-0.2, -0.15) is 0 Å². The summed E-state index contributed by atoms with van der Waals surface area (Å²) in [6.45, 7) is 0.915. The van der Waals surface area contributed by atoms with Gasteiger partial charge in [0.15, 0.2) is 17.3 Å². The second kappa shape index (κ2) is 4.74. The molecule has 1 aromatic carbocycles. The summed E-state index contributed by atoms with van der Waals surface area (Å²) in [4.78, 5) is 14.7. The highest BCUT2D eigenvalue weighted by atomic mass is 16.5. The predicted molar refractivity (Wildman–Crippen MR) is 86.5 cm³/mol. The molecule has 0 spiro atoms. The van der Waals surface area contributed by atoms with Gasteiger partial charge in [-0.15, -0.1) is 0 Å². The first-order chi connectivity index (χ1) is 11.0. The van der Waals surface area contributed by atoms with Crippen LogP contribution in [0.25, 0.3) is 0 Å². The molecule has 3 aliphatic rings. The van der Waals surface area contributed by atoms with Crippen LogP contribution in [0.5, 0.6) is 11.5 Å². The van der Waals surface area contributed by atoms with Crippen LogP contribution in [0, 0.1) is 5.92 Å². The maximum Gasteiger partial charge on any atom is 0.179 e. The van der Waals surface area contributed by atoms with Crippen molar-refractivity contribution >= 4 is 5.78 Å². The van der Waals surface area contributed by atoms with Gasteiger partial charge in [-0.05, 0) is 38.1 Å². The minimum Gasteiger partial charge on any atom is -0.504 e. The Labute approximate surface area is 135 Å². The second-order valence-corrected chi connectivity index (χ2v) is 7.06. The zero-order valence-electron chi connectivity index (χ0n) is 13.5. The van der Waals surface area contributed by atoms with Crippen molar-refractivity contribution in [2.45, 2.75) is 30.7 Å². The molecule has 122 valence electrons. The van der Waals surface area contributed by atoms with E-state index in [0.29, 0.717) is 23.9 Å². The van der Waals surface area contributed by atoms with E-state index in [4.69, 9.17) is 10.5 Å². The molecule has 5 heteroatoms. The third-order valence-corrected chi connectivity index (χ3v) is 6.06. The highest BCUT2D eigenvalue weighted by Crippen LogP contribution is 2.57. The van der Waals surface area contributed by atoms with Crippen molar-refractivity contribution in [1.29, 1.82) is 0 Å². The molecule has 0 amide bonds. The molecule has 3 atom stereocenters. The lowest BCUT2D eigenvalue weighted by Crippen LogP contribution is -2.60. The number of piperidine rings is 1. The van der Waals surface area contributed by atoms with Crippen LogP contribution in [-0.2, 0) is 16.6 Å². The SMILES string of the molecule is COc1ccc2c(c1O)[C@@]13CCN(C)[C@@H](C2)[C@H]1C=C(N)C(=O)C3. The summed E-state index contributed by atoms with van der Waals surface area (Å²) in [6.07, 6.45) is 4.01. The quantitative estimate of drug-likeness (QED) is 0.818. The minimum atomic E-state index is -0.358. The van der Waals surface area contributed by atoms with Gasteiger partial charge in [0, 0.05) is 29.4 Å². The fourth-order valence-corrected chi connectivity index (χ4v) is 4.89. The van der Waals surface area contributed by atoms with E-state index in [1.807, 2.05) is 18.2 Å². The number of phenolic OH excluding ortho intramolecular Hbond substituents is 1. The van der Waals surface area contributed by atoms with Crippen LogP contribution < -0.4 is 10.5 Å². The molecular weight excluding hydrogens is 292 g/mol. The third kappa shape index (κ3) is 1.80. The zero-order valence-corrected chi connectivity index (χ0v) is 13.5. The van der Waals surface area contributed by atoms with Crippen LogP contribution in [0.4, 0.5) is 0 Å². The first-order valence-electron chi connectivity index (χ1n) is 8.08. The molecule has 0 radical (unpaired) electrons. The summed E-state index contributed by atoms with van der Waals surface area (Å²) in [5.41, 5.74) is 7.99. The van der Waals surface area contributed by atoms with E-state index in [1.54, 1.807) is 7.11 Å². The van der Waals surface area contributed by atoms with E-state index >= 15 is 0 Å². The number of Topliss-reactive ketones (excluding diaryl/α,β-unsaturated/α-hetero) is 1. The van der Waals surface area contributed by atoms with Crippen molar-refractivity contribution < 1.29 is 14.6 Å². The topological polar surface area (TPSA) is 75.8 Å². The molecule has 2 aliphatic carbocycles. The Hall–Kier alpha value is -2.01. The van der Waals surface area contributed by atoms with Gasteiger partial charge in [0.05, 0.1) is 12.8 Å². The number of likely N-dealkylation sites (tertiary alicyclic amines) is 1. The van der Waals surface area contributed by atoms with Crippen LogP contribution in [0.3, 0.4) is 0 Å². The number of phenols is 1. The Morgan fingerprint density at radius 3 is 2.96 bits per heavy atom. The number of ketones is 1. The summed E-state index contributed by atoms with van der Waals surface area (Å²) in [7, 11) is 3.68. The van der Waals surface area contributed by atoms with E-state index < -0.39 is 0 Å².